The van der Waals surface area contributed by atoms with Gasteiger partial charge in [-0.05, 0) is 28.8 Å². The molecule has 0 heterocycles. The van der Waals surface area contributed by atoms with Gasteiger partial charge in [-0.15, -0.1) is 0 Å². The summed E-state index contributed by atoms with van der Waals surface area (Å²) in [5.74, 6) is -0.752. The predicted octanol–water partition coefficient (Wildman–Crippen LogP) is 6.40. The smallest absolute Gasteiger partial charge is 0.326 e. The first-order chi connectivity index (χ1) is 19.8. The molecule has 0 amide bonds. The molecule has 0 aliphatic heterocycles. The van der Waals surface area contributed by atoms with E-state index < -0.39 is 33.1 Å². The third-order valence-electron chi connectivity index (χ3n) is 6.25. The molecule has 0 saturated carbocycles. The third kappa shape index (κ3) is 7.55. The summed E-state index contributed by atoms with van der Waals surface area (Å²) in [5, 5.41) is 11.1. The number of nitro groups is 1. The average Bonchev–Trinajstić information content (AvgIpc) is 3.00. The number of ether oxygens (including phenoxy) is 1. The lowest BCUT2D eigenvalue weighted by atomic mass is 10.0. The Labute approximate surface area is 247 Å². The molecular weight excluding hydrogens is 608 g/mol. The minimum atomic E-state index is -4.29. The Hall–Kier alpha value is -4.12. The van der Waals surface area contributed by atoms with Gasteiger partial charge in [-0.2, -0.15) is 4.31 Å². The van der Waals surface area contributed by atoms with E-state index in [4.69, 9.17) is 4.74 Å². The lowest BCUT2D eigenvalue weighted by molar-refractivity contribution is -0.384. The molecular formula is C31H27BrN2O6S. The first kappa shape index (κ1) is 29.9. The van der Waals surface area contributed by atoms with E-state index in [1.807, 2.05) is 91.0 Å². The molecule has 41 heavy (non-hydrogen) atoms. The zero-order valence-corrected chi connectivity index (χ0v) is 24.2. The van der Waals surface area contributed by atoms with Crippen molar-refractivity contribution in [3.8, 4) is 0 Å². The number of benzene rings is 4. The number of hydrogen-bond acceptors (Lipinski definition) is 6. The molecule has 0 unspecified atom stereocenters. The van der Waals surface area contributed by atoms with E-state index in [2.05, 4.69) is 15.9 Å². The largest absolute Gasteiger partial charge is 0.451 e. The van der Waals surface area contributed by atoms with Gasteiger partial charge in [-0.25, -0.2) is 8.42 Å². The summed E-state index contributed by atoms with van der Waals surface area (Å²) in [6.45, 7) is -0.152. The van der Waals surface area contributed by atoms with Gasteiger partial charge >= 0.3 is 5.97 Å². The van der Waals surface area contributed by atoms with Crippen LogP contribution < -0.4 is 0 Å². The molecule has 4 rings (SSSR count). The summed E-state index contributed by atoms with van der Waals surface area (Å²) in [4.78, 5) is 24.1. The van der Waals surface area contributed by atoms with Crippen LogP contribution in [0.2, 0.25) is 0 Å². The Kier molecular flexibility index (Phi) is 10.2. The number of nitrogens with zero attached hydrogens (tertiary/aromatic N) is 2. The van der Waals surface area contributed by atoms with Crippen molar-refractivity contribution in [2.45, 2.75) is 17.0 Å². The summed E-state index contributed by atoms with van der Waals surface area (Å²) in [7, 11) is -4.29. The number of esters is 1. The number of halogens is 1. The van der Waals surface area contributed by atoms with Crippen molar-refractivity contribution in [3.05, 3.63) is 148 Å². The summed E-state index contributed by atoms with van der Waals surface area (Å²) >= 11 is 3.33. The molecule has 210 valence electrons. The van der Waals surface area contributed by atoms with Crippen LogP contribution in [0.15, 0.2) is 126 Å². The predicted molar refractivity (Wildman–Crippen MR) is 161 cm³/mol. The maximum absolute atomic E-state index is 13.9. The van der Waals surface area contributed by atoms with Gasteiger partial charge in [0.05, 0.1) is 9.82 Å². The van der Waals surface area contributed by atoms with E-state index in [0.29, 0.717) is 0 Å². The number of non-ortho nitro benzene ring substituents is 1. The SMILES string of the molecule is O=C(OC(c1ccccc1)c1ccccc1)[C@H](CBr)N(C/C=C\c1ccccc1)S(=O)(=O)c1ccc([N+](=O)[O-])cc1. The zero-order valence-electron chi connectivity index (χ0n) is 21.8. The molecule has 8 nitrogen and oxygen atoms in total. The molecule has 0 fully saturated rings. The quantitative estimate of drug-likeness (QED) is 0.0773. The van der Waals surface area contributed by atoms with E-state index in [0.717, 1.165) is 45.3 Å². The maximum Gasteiger partial charge on any atom is 0.326 e. The lowest BCUT2D eigenvalue weighted by Crippen LogP contribution is -2.47. The highest BCUT2D eigenvalue weighted by Crippen LogP contribution is 2.29. The highest BCUT2D eigenvalue weighted by molar-refractivity contribution is 9.09. The van der Waals surface area contributed by atoms with Gasteiger partial charge in [0.1, 0.15) is 6.04 Å². The van der Waals surface area contributed by atoms with Gasteiger partial charge < -0.3 is 4.74 Å². The highest BCUT2D eigenvalue weighted by Gasteiger charge is 2.37. The molecule has 0 aliphatic carbocycles. The second-order valence-corrected chi connectivity index (χ2v) is 11.5. The van der Waals surface area contributed by atoms with Crippen LogP contribution in [0.4, 0.5) is 5.69 Å². The molecule has 0 saturated heterocycles. The minimum absolute atomic E-state index is 0.0481. The van der Waals surface area contributed by atoms with Crippen LogP contribution in [0.3, 0.4) is 0 Å². The third-order valence-corrected chi connectivity index (χ3v) is 8.76. The average molecular weight is 636 g/mol. The highest BCUT2D eigenvalue weighted by atomic mass is 79.9. The topological polar surface area (TPSA) is 107 Å². The van der Waals surface area contributed by atoms with E-state index in [1.54, 1.807) is 12.2 Å². The number of alkyl halides is 1. The Morgan fingerprint density at radius 3 is 1.85 bits per heavy atom. The molecule has 0 radical (unpaired) electrons. The molecule has 10 heteroatoms. The normalized spacial score (nSPS) is 12.5. The lowest BCUT2D eigenvalue weighted by Gasteiger charge is -2.29. The molecule has 0 N–H and O–H groups in total. The molecule has 0 aromatic heterocycles. The van der Waals surface area contributed by atoms with Crippen LogP contribution in [0, 0.1) is 10.1 Å². The fourth-order valence-electron chi connectivity index (χ4n) is 4.16. The summed E-state index contributed by atoms with van der Waals surface area (Å²) in [6, 6.07) is 31.0. The first-order valence-corrected chi connectivity index (χ1v) is 15.2. The minimum Gasteiger partial charge on any atom is -0.451 e. The number of rotatable bonds is 12. The summed E-state index contributed by atoms with van der Waals surface area (Å²) in [5.41, 5.74) is 2.07. The number of sulfonamides is 1. The molecule has 0 spiro atoms. The van der Waals surface area contributed by atoms with E-state index in [-0.39, 0.29) is 22.5 Å². The van der Waals surface area contributed by atoms with Gasteiger partial charge in [0.25, 0.3) is 5.69 Å². The Morgan fingerprint density at radius 2 is 1.37 bits per heavy atom. The fourth-order valence-corrected chi connectivity index (χ4v) is 6.50. The molecule has 0 aliphatic rings. The van der Waals surface area contributed by atoms with Crippen LogP contribution in [0.5, 0.6) is 0 Å². The van der Waals surface area contributed by atoms with Crippen LogP contribution in [-0.2, 0) is 19.6 Å². The van der Waals surface area contributed by atoms with Crippen molar-refractivity contribution in [2.75, 3.05) is 11.9 Å². The summed E-state index contributed by atoms with van der Waals surface area (Å²) < 4.78 is 34.8. The second-order valence-electron chi connectivity index (χ2n) is 8.95. The van der Waals surface area contributed by atoms with E-state index in [1.165, 1.54) is 0 Å². The second kappa shape index (κ2) is 14.0. The monoisotopic (exact) mass is 634 g/mol. The van der Waals surface area contributed by atoms with E-state index in [9.17, 15) is 23.3 Å². The number of nitro benzene ring substituents is 1. The standard InChI is InChI=1S/C31H27BrN2O6S/c32-23-29(31(35)40-30(25-14-6-2-7-15-25)26-16-8-3-9-17-26)33(22-10-13-24-11-4-1-5-12-24)41(38,39)28-20-18-27(19-21-28)34(36)37/h1-21,29-30H,22-23H2/b13-10-/t29-/m0/s1. The van der Waals surface area contributed by atoms with E-state index >= 15 is 0 Å². The molecule has 1 atom stereocenters. The number of carbonyl (C=O) groups is 1. The van der Waals surface area contributed by atoms with Crippen molar-refractivity contribution >= 4 is 43.7 Å². The first-order valence-electron chi connectivity index (χ1n) is 12.7. The van der Waals surface area contributed by atoms with Gasteiger partial charge in [-0.3, -0.25) is 14.9 Å². The maximum atomic E-state index is 13.9. The van der Waals surface area contributed by atoms with Crippen LogP contribution in [0.25, 0.3) is 6.08 Å². The van der Waals surface area contributed by atoms with Crippen LogP contribution >= 0.6 is 15.9 Å². The van der Waals surface area contributed by atoms with Crippen LogP contribution in [0.1, 0.15) is 22.8 Å². The van der Waals surface area contributed by atoms with Gasteiger partial charge in [0, 0.05) is 24.0 Å². The Bertz CT molecular complexity index is 1540. The number of hydrogen-bond donors (Lipinski definition) is 0. The van der Waals surface area contributed by atoms with Crippen LogP contribution in [-0.4, -0.2) is 41.5 Å². The van der Waals surface area contributed by atoms with Crippen molar-refractivity contribution in [1.82, 2.24) is 4.31 Å². The Balaban J connectivity index is 1.70. The number of carbonyl (C=O) groups excluding carboxylic acids is 1. The van der Waals surface area contributed by atoms with Crippen molar-refractivity contribution in [1.29, 1.82) is 0 Å². The fraction of sp³-hybridized carbons (Fsp3) is 0.129. The van der Waals surface area contributed by atoms with Crippen molar-refractivity contribution in [3.63, 3.8) is 0 Å². The molecule has 4 aromatic rings. The summed E-state index contributed by atoms with van der Waals surface area (Å²) in [6.07, 6.45) is 2.63. The van der Waals surface area contributed by atoms with Gasteiger partial charge in [0.2, 0.25) is 10.0 Å². The Morgan fingerprint density at radius 1 is 0.854 bits per heavy atom. The molecule has 0 bridgehead atoms. The zero-order chi connectivity index (χ0) is 29.2. The van der Waals surface area contributed by atoms with Gasteiger partial charge in [0.15, 0.2) is 6.10 Å². The van der Waals surface area contributed by atoms with Crippen molar-refractivity contribution < 1.29 is 22.9 Å². The van der Waals surface area contributed by atoms with Gasteiger partial charge in [-0.1, -0.05) is 119 Å². The molecule has 4 aromatic carbocycles. The van der Waals surface area contributed by atoms with Crippen molar-refractivity contribution in [2.24, 2.45) is 0 Å².